The third-order valence-electron chi connectivity index (χ3n) is 16.8. The van der Waals surface area contributed by atoms with Crippen LogP contribution in [0, 0.1) is 40.9 Å². The van der Waals surface area contributed by atoms with E-state index in [-0.39, 0.29) is 41.3 Å². The van der Waals surface area contributed by atoms with Gasteiger partial charge in [0.1, 0.15) is 11.6 Å². The lowest BCUT2D eigenvalue weighted by molar-refractivity contribution is -0.128. The van der Waals surface area contributed by atoms with Crippen LogP contribution in [0.1, 0.15) is 99.3 Å². The fourth-order valence-electron chi connectivity index (χ4n) is 12.5. The minimum absolute atomic E-state index is 0.0276. The van der Waals surface area contributed by atoms with Crippen LogP contribution in [0.2, 0.25) is 0 Å². The van der Waals surface area contributed by atoms with Gasteiger partial charge in [0.15, 0.2) is 17.5 Å². The van der Waals surface area contributed by atoms with Gasteiger partial charge in [0.05, 0.1) is 0 Å². The maximum atomic E-state index is 13.5. The van der Waals surface area contributed by atoms with E-state index in [4.69, 9.17) is 0 Å². The third kappa shape index (κ3) is 14.4. The molecule has 4 aliphatic heterocycles. The van der Waals surface area contributed by atoms with Gasteiger partial charge in [-0.15, -0.1) is 0 Å². The molecule has 0 aliphatic carbocycles. The van der Waals surface area contributed by atoms with E-state index in [1.807, 2.05) is 6.07 Å². The van der Waals surface area contributed by atoms with Crippen LogP contribution in [-0.2, 0) is 19.2 Å². The summed E-state index contributed by atoms with van der Waals surface area (Å²) in [7, 11) is 0. The Morgan fingerprint density at radius 1 is 0.532 bits per heavy atom. The molecule has 6 aromatic rings. The number of benzene rings is 4. The van der Waals surface area contributed by atoms with Crippen LogP contribution >= 0.6 is 0 Å². The molecule has 10 rings (SSSR count). The van der Waals surface area contributed by atoms with Crippen molar-refractivity contribution < 1.29 is 41.1 Å². The molecule has 2 atom stereocenters. The third-order valence-corrected chi connectivity index (χ3v) is 16.8. The number of nitrogens with zero attached hydrogens (tertiary/aromatic N) is 4. The van der Waals surface area contributed by atoms with E-state index in [1.165, 1.54) is 70.8 Å². The van der Waals surface area contributed by atoms with Crippen molar-refractivity contribution in [3.8, 4) is 0 Å². The fourth-order valence-corrected chi connectivity index (χ4v) is 12.5. The molecular weight excluding hydrogens is 1020 g/mol. The quantitative estimate of drug-likeness (QED) is 0.0487. The van der Waals surface area contributed by atoms with E-state index in [2.05, 4.69) is 85.3 Å². The van der Waals surface area contributed by atoms with Gasteiger partial charge in [-0.2, -0.15) is 0 Å². The highest BCUT2D eigenvalue weighted by atomic mass is 19.2. The molecule has 17 heteroatoms. The van der Waals surface area contributed by atoms with Crippen molar-refractivity contribution in [1.82, 2.24) is 40.2 Å². The molecule has 4 saturated heterocycles. The maximum Gasteiger partial charge on any atom is 0.246 e. The fraction of sp³-hybridized carbons (Fsp3) is 0.419. The normalized spacial score (nSPS) is 18.5. The second kappa shape index (κ2) is 26.2. The van der Waals surface area contributed by atoms with Crippen LogP contribution in [-0.4, -0.2) is 131 Å². The lowest BCUT2D eigenvalue weighted by Gasteiger charge is -2.44. The lowest BCUT2D eigenvalue weighted by Crippen LogP contribution is -2.53. The number of para-hydroxylation sites is 2. The Morgan fingerprint density at radius 2 is 0.911 bits per heavy atom. The van der Waals surface area contributed by atoms with E-state index in [1.54, 1.807) is 16.7 Å². The van der Waals surface area contributed by atoms with Crippen molar-refractivity contribution >= 4 is 57.6 Å². The Balaban J connectivity index is 0.000000192. The number of piperidine rings is 4. The zero-order valence-electron chi connectivity index (χ0n) is 45.0. The number of likely N-dealkylation sites (tertiary alicyclic amines) is 4. The van der Waals surface area contributed by atoms with Crippen molar-refractivity contribution in [1.29, 1.82) is 0 Å². The monoisotopic (exact) mass is 1090 g/mol. The Morgan fingerprint density at radius 3 is 1.30 bits per heavy atom. The Kier molecular flexibility index (Phi) is 18.8. The Bertz CT molecular complexity index is 3100. The van der Waals surface area contributed by atoms with Crippen LogP contribution in [0.3, 0.4) is 0 Å². The van der Waals surface area contributed by atoms with E-state index < -0.39 is 29.1 Å². The van der Waals surface area contributed by atoms with Gasteiger partial charge in [-0.25, -0.2) is 22.0 Å². The van der Waals surface area contributed by atoms with E-state index in [9.17, 15) is 41.1 Å². The molecule has 0 bridgehead atoms. The van der Waals surface area contributed by atoms with Crippen molar-refractivity contribution in [2.45, 2.75) is 89.1 Å². The van der Waals surface area contributed by atoms with Crippen LogP contribution in [0.15, 0.2) is 103 Å². The van der Waals surface area contributed by atoms with Gasteiger partial charge in [0, 0.05) is 118 Å². The first kappa shape index (κ1) is 56.6. The summed E-state index contributed by atoms with van der Waals surface area (Å²) in [6, 6.07) is 22.2. The van der Waals surface area contributed by atoms with Gasteiger partial charge >= 0.3 is 0 Å². The van der Waals surface area contributed by atoms with Gasteiger partial charge in [-0.05, 0) is 172 Å². The first-order valence-corrected chi connectivity index (χ1v) is 27.8. The molecule has 4 aliphatic rings. The molecule has 418 valence electrons. The molecule has 2 unspecified atom stereocenters. The van der Waals surface area contributed by atoms with Crippen molar-refractivity contribution in [3.63, 3.8) is 0 Å². The zero-order chi connectivity index (χ0) is 55.6. The molecule has 4 N–H and O–H groups in total. The highest BCUT2D eigenvalue weighted by Gasteiger charge is 2.36. The number of hydrogen-bond acceptors (Lipinski definition) is 6. The number of rotatable bonds is 14. The second-order valence-corrected chi connectivity index (χ2v) is 21.7. The Hall–Kier alpha value is -7.11. The van der Waals surface area contributed by atoms with Gasteiger partial charge in [-0.3, -0.25) is 29.0 Å². The van der Waals surface area contributed by atoms with E-state index in [0.717, 1.165) is 101 Å². The summed E-state index contributed by atoms with van der Waals surface area (Å²) in [6.07, 6.45) is 17.2. The number of amides is 4. The summed E-state index contributed by atoms with van der Waals surface area (Å²) in [5, 5.41) is 8.66. The van der Waals surface area contributed by atoms with Crippen LogP contribution in [0.25, 0.3) is 34.0 Å². The van der Waals surface area contributed by atoms with Gasteiger partial charge in [-0.1, -0.05) is 36.4 Å². The first-order valence-electron chi connectivity index (χ1n) is 27.8. The minimum Gasteiger partial charge on any atom is -0.361 e. The van der Waals surface area contributed by atoms with E-state index in [0.29, 0.717) is 68.5 Å². The molecule has 12 nitrogen and oxygen atoms in total. The molecule has 4 fully saturated rings. The number of halogens is 5. The molecule has 4 amide bonds. The van der Waals surface area contributed by atoms with Crippen LogP contribution < -0.4 is 10.6 Å². The first-order chi connectivity index (χ1) is 38.2. The smallest absolute Gasteiger partial charge is 0.246 e. The largest absolute Gasteiger partial charge is 0.361 e. The average molecular weight is 1090 g/mol. The summed E-state index contributed by atoms with van der Waals surface area (Å²) in [5.41, 5.74) is 5.52. The predicted molar refractivity (Wildman–Crippen MR) is 298 cm³/mol. The zero-order valence-corrected chi connectivity index (χ0v) is 45.0. The molecule has 79 heavy (non-hydrogen) atoms. The van der Waals surface area contributed by atoms with Gasteiger partial charge in [0.25, 0.3) is 0 Å². The molecule has 4 aromatic carbocycles. The number of H-pyrrole nitrogens is 2. The van der Waals surface area contributed by atoms with Crippen LogP contribution in [0.5, 0.6) is 0 Å². The number of carbonyl (C=O) groups is 4. The summed E-state index contributed by atoms with van der Waals surface area (Å²) in [4.78, 5) is 64.4. The molecule has 0 radical (unpaired) electrons. The summed E-state index contributed by atoms with van der Waals surface area (Å²) >= 11 is 0. The SMILES string of the molecule is CC(=O)NCC(C1CCN(C(=O)/C=C/c2cc(F)c(F)c(F)c2)CC1)N1CCC(c2c[nH]c3ccccc23)CC1.CC(=O)NCC(C1CCN(C(=O)/C=C/c2cc(F)cc(F)c2)CC1)N1CCC(c2c[nH]c3ccccc23)CC1. The average Bonchev–Trinajstić information content (AvgIpc) is 4.09. The Labute approximate surface area is 458 Å². The molecule has 6 heterocycles. The van der Waals surface area contributed by atoms with Crippen molar-refractivity contribution in [2.75, 3.05) is 65.4 Å². The van der Waals surface area contributed by atoms with E-state index >= 15 is 0 Å². The number of aromatic nitrogens is 2. The summed E-state index contributed by atoms with van der Waals surface area (Å²) in [5.74, 6) is -4.23. The molecule has 2 aromatic heterocycles. The molecule has 0 spiro atoms. The topological polar surface area (TPSA) is 137 Å². The van der Waals surface area contributed by atoms with Crippen molar-refractivity contribution in [2.24, 2.45) is 11.8 Å². The number of carbonyl (C=O) groups excluding carboxylic acids is 4. The number of aromatic amines is 2. The summed E-state index contributed by atoms with van der Waals surface area (Å²) < 4.78 is 67.1. The second-order valence-electron chi connectivity index (χ2n) is 21.7. The maximum absolute atomic E-state index is 13.5. The highest BCUT2D eigenvalue weighted by Crippen LogP contribution is 2.37. The minimum atomic E-state index is -1.53. The number of nitrogens with one attached hydrogen (secondary N) is 4. The summed E-state index contributed by atoms with van der Waals surface area (Å²) in [6.45, 7) is 10.5. The van der Waals surface area contributed by atoms with Crippen molar-refractivity contribution in [3.05, 3.63) is 155 Å². The lowest BCUT2D eigenvalue weighted by atomic mass is 9.84. The predicted octanol–water partition coefficient (Wildman–Crippen LogP) is 10.3. The van der Waals surface area contributed by atoms with Gasteiger partial charge in [0.2, 0.25) is 23.6 Å². The number of hydrogen-bond donors (Lipinski definition) is 4. The molecule has 0 saturated carbocycles. The highest BCUT2D eigenvalue weighted by molar-refractivity contribution is 5.92. The standard InChI is InChI=1S/C31H35F3N4O2.C31H36F2N4O2/c1-20(39)35-19-29(37-12-8-22(9-13-37)25-18-36-28-5-3-2-4-24(25)28)23-10-14-38(15-11-23)30(40)7-6-21-16-26(32)31(34)27(33)17-21;1-21(38)34-20-30(36-12-8-23(9-13-36)28-19-35-29-5-3-2-4-27(28)29)24-10-14-37(15-11-24)31(39)7-6-22-16-25(32)18-26(33)17-22/h2-7,16-18,22-23,29,36H,8-15,19H2,1H3,(H,35,39);2-7,16-19,23-24,30,35H,8-15,20H2,1H3,(H,34,38)/b2*7-6+. The van der Waals surface area contributed by atoms with Crippen LogP contribution in [0.4, 0.5) is 22.0 Å². The molecular formula is C62H71F5N8O4. The number of fused-ring (bicyclic) bond motifs is 2. The van der Waals surface area contributed by atoms with Gasteiger partial charge < -0.3 is 30.4 Å².